The lowest BCUT2D eigenvalue weighted by molar-refractivity contribution is 0.203. The maximum Gasteiger partial charge on any atom is 0.323 e. The van der Waals surface area contributed by atoms with Crippen LogP contribution < -0.4 is 10.2 Å². The van der Waals surface area contributed by atoms with Gasteiger partial charge in [-0.25, -0.2) is 4.79 Å². The van der Waals surface area contributed by atoms with E-state index in [1.807, 2.05) is 48.2 Å². The summed E-state index contributed by atoms with van der Waals surface area (Å²) in [7, 11) is 3.99. The van der Waals surface area contributed by atoms with Gasteiger partial charge in [0.1, 0.15) is 11.9 Å². The van der Waals surface area contributed by atoms with Crippen LogP contribution in [-0.4, -0.2) is 36.9 Å². The summed E-state index contributed by atoms with van der Waals surface area (Å²) in [5.41, 5.74) is 2.12. The number of hydrogen-bond donors (Lipinski definition) is 2. The van der Waals surface area contributed by atoms with Crippen LogP contribution in [0.3, 0.4) is 0 Å². The standard InChI is InChI=1S/C14H18N4O/c1-17(2)10-5-3-9(4-6-10)12-13(15)16-14(19)18(12)11-7-8-11/h3-6,11-12H,7-8H2,1-2H3,(H2,15,16,19). The van der Waals surface area contributed by atoms with Crippen molar-refractivity contribution in [3.05, 3.63) is 29.8 Å². The lowest BCUT2D eigenvalue weighted by Gasteiger charge is -2.23. The predicted octanol–water partition coefficient (Wildman–Crippen LogP) is 1.96. The molecule has 100 valence electrons. The molecule has 2 aliphatic rings. The first kappa shape index (κ1) is 12.0. The van der Waals surface area contributed by atoms with Gasteiger partial charge in [0.05, 0.1) is 0 Å². The number of benzene rings is 1. The number of carbonyl (C=O) groups excluding carboxylic acids is 1. The van der Waals surface area contributed by atoms with Crippen molar-refractivity contribution in [1.29, 1.82) is 5.41 Å². The average molecular weight is 258 g/mol. The molecule has 5 heteroatoms. The largest absolute Gasteiger partial charge is 0.378 e. The van der Waals surface area contributed by atoms with Crippen LogP contribution in [0.25, 0.3) is 0 Å². The van der Waals surface area contributed by atoms with Crippen molar-refractivity contribution in [2.45, 2.75) is 24.9 Å². The molecule has 1 atom stereocenters. The van der Waals surface area contributed by atoms with E-state index >= 15 is 0 Å². The third-order valence-electron chi connectivity index (χ3n) is 3.69. The summed E-state index contributed by atoms with van der Waals surface area (Å²) in [5.74, 6) is 0.287. The van der Waals surface area contributed by atoms with E-state index in [1.54, 1.807) is 0 Å². The van der Waals surface area contributed by atoms with Crippen molar-refractivity contribution < 1.29 is 4.79 Å². The SMILES string of the molecule is CN(C)c1ccc(C2C(=N)NC(=O)N2C2CC2)cc1. The summed E-state index contributed by atoms with van der Waals surface area (Å²) in [4.78, 5) is 15.7. The van der Waals surface area contributed by atoms with Crippen LogP contribution in [0, 0.1) is 5.41 Å². The predicted molar refractivity (Wildman–Crippen MR) is 74.6 cm³/mol. The van der Waals surface area contributed by atoms with Crippen molar-refractivity contribution in [3.63, 3.8) is 0 Å². The molecule has 1 unspecified atom stereocenters. The molecule has 1 heterocycles. The van der Waals surface area contributed by atoms with Gasteiger partial charge in [0, 0.05) is 25.8 Å². The molecule has 1 aliphatic heterocycles. The monoisotopic (exact) mass is 258 g/mol. The Bertz CT molecular complexity index is 519. The molecule has 0 spiro atoms. The molecule has 19 heavy (non-hydrogen) atoms. The number of amidine groups is 1. The van der Waals surface area contributed by atoms with Gasteiger partial charge in [-0.2, -0.15) is 0 Å². The van der Waals surface area contributed by atoms with E-state index in [0.717, 1.165) is 24.1 Å². The molecule has 2 N–H and O–H groups in total. The highest BCUT2D eigenvalue weighted by molar-refractivity contribution is 6.06. The zero-order valence-corrected chi connectivity index (χ0v) is 11.2. The van der Waals surface area contributed by atoms with E-state index in [4.69, 9.17) is 5.41 Å². The highest BCUT2D eigenvalue weighted by atomic mass is 16.2. The number of carbonyl (C=O) groups is 1. The molecule has 1 aromatic rings. The van der Waals surface area contributed by atoms with E-state index in [0.29, 0.717) is 6.04 Å². The minimum atomic E-state index is -0.240. The summed E-state index contributed by atoms with van der Waals surface area (Å²) in [6.45, 7) is 0. The summed E-state index contributed by atoms with van der Waals surface area (Å²) in [6.07, 6.45) is 2.10. The highest BCUT2D eigenvalue weighted by Gasteiger charge is 2.44. The van der Waals surface area contributed by atoms with Gasteiger partial charge in [-0.05, 0) is 30.5 Å². The van der Waals surface area contributed by atoms with E-state index in [1.165, 1.54) is 0 Å². The van der Waals surface area contributed by atoms with Crippen LogP contribution in [0.15, 0.2) is 24.3 Å². The molecule has 1 saturated heterocycles. The molecule has 1 saturated carbocycles. The van der Waals surface area contributed by atoms with E-state index < -0.39 is 0 Å². The topological polar surface area (TPSA) is 59.4 Å². The third-order valence-corrected chi connectivity index (χ3v) is 3.69. The fraction of sp³-hybridized carbons (Fsp3) is 0.429. The van der Waals surface area contributed by atoms with Crippen LogP contribution in [0.2, 0.25) is 0 Å². The fourth-order valence-corrected chi connectivity index (χ4v) is 2.52. The summed E-state index contributed by atoms with van der Waals surface area (Å²) >= 11 is 0. The van der Waals surface area contributed by atoms with E-state index in [2.05, 4.69) is 5.32 Å². The van der Waals surface area contributed by atoms with Crippen LogP contribution in [0.4, 0.5) is 10.5 Å². The highest BCUT2D eigenvalue weighted by Crippen LogP contribution is 2.37. The van der Waals surface area contributed by atoms with E-state index in [9.17, 15) is 4.79 Å². The van der Waals surface area contributed by atoms with Gasteiger partial charge >= 0.3 is 6.03 Å². The Kier molecular flexibility index (Phi) is 2.69. The van der Waals surface area contributed by atoms with Crippen molar-refractivity contribution >= 4 is 17.6 Å². The lowest BCUT2D eigenvalue weighted by atomic mass is 10.0. The Morgan fingerprint density at radius 3 is 2.42 bits per heavy atom. The molecule has 1 aromatic carbocycles. The van der Waals surface area contributed by atoms with Gasteiger partial charge in [0.2, 0.25) is 0 Å². The molecular weight excluding hydrogens is 240 g/mol. The number of urea groups is 1. The zero-order valence-electron chi connectivity index (χ0n) is 11.2. The third kappa shape index (κ3) is 2.05. The van der Waals surface area contributed by atoms with Gasteiger partial charge in [-0.15, -0.1) is 0 Å². The van der Waals surface area contributed by atoms with Gasteiger partial charge in [-0.1, -0.05) is 12.1 Å². The number of nitrogens with zero attached hydrogens (tertiary/aromatic N) is 2. The summed E-state index contributed by atoms with van der Waals surface area (Å²) in [6, 6.07) is 7.99. The van der Waals surface area contributed by atoms with Gasteiger partial charge in [-0.3, -0.25) is 10.7 Å². The Balaban J connectivity index is 1.90. The second-order valence-corrected chi connectivity index (χ2v) is 5.37. The van der Waals surface area contributed by atoms with Crippen molar-refractivity contribution in [2.75, 3.05) is 19.0 Å². The number of amides is 2. The summed E-state index contributed by atoms with van der Waals surface area (Å²) in [5, 5.41) is 10.6. The maximum absolute atomic E-state index is 11.9. The number of hydrogen-bond acceptors (Lipinski definition) is 3. The molecule has 2 fully saturated rings. The van der Waals surface area contributed by atoms with Crippen LogP contribution in [-0.2, 0) is 0 Å². The van der Waals surface area contributed by atoms with Crippen molar-refractivity contribution in [3.8, 4) is 0 Å². The van der Waals surface area contributed by atoms with Gasteiger partial charge < -0.3 is 9.80 Å². The smallest absolute Gasteiger partial charge is 0.323 e. The second kappa shape index (κ2) is 4.26. The van der Waals surface area contributed by atoms with Gasteiger partial charge in [0.15, 0.2) is 0 Å². The molecule has 5 nitrogen and oxygen atoms in total. The Hall–Kier alpha value is -2.04. The number of rotatable bonds is 3. The molecule has 0 radical (unpaired) electrons. The second-order valence-electron chi connectivity index (χ2n) is 5.37. The molecule has 2 amide bonds. The first-order valence-electron chi connectivity index (χ1n) is 6.53. The molecule has 3 rings (SSSR count). The molecule has 1 aliphatic carbocycles. The molecular formula is C14H18N4O. The Labute approximate surface area is 112 Å². The molecule has 0 bridgehead atoms. The van der Waals surface area contributed by atoms with Crippen LogP contribution in [0.1, 0.15) is 24.4 Å². The van der Waals surface area contributed by atoms with Crippen LogP contribution in [0.5, 0.6) is 0 Å². The first-order valence-corrected chi connectivity index (χ1v) is 6.53. The zero-order chi connectivity index (χ0) is 13.6. The van der Waals surface area contributed by atoms with Gasteiger partial charge in [0.25, 0.3) is 0 Å². The maximum atomic E-state index is 11.9. The van der Waals surface area contributed by atoms with Crippen molar-refractivity contribution in [1.82, 2.24) is 10.2 Å². The number of anilines is 1. The van der Waals surface area contributed by atoms with Crippen molar-refractivity contribution in [2.24, 2.45) is 0 Å². The quantitative estimate of drug-likeness (QED) is 0.870. The molecule has 0 aromatic heterocycles. The summed E-state index contributed by atoms with van der Waals surface area (Å²) < 4.78 is 0. The Morgan fingerprint density at radius 1 is 1.26 bits per heavy atom. The number of nitrogens with one attached hydrogen (secondary N) is 2. The first-order chi connectivity index (χ1) is 9.08. The Morgan fingerprint density at radius 2 is 1.89 bits per heavy atom. The van der Waals surface area contributed by atoms with E-state index in [-0.39, 0.29) is 17.9 Å². The lowest BCUT2D eigenvalue weighted by Crippen LogP contribution is -2.31. The average Bonchev–Trinajstić information content (AvgIpc) is 3.15. The van der Waals surface area contributed by atoms with Crippen LogP contribution >= 0.6 is 0 Å². The normalized spacial score (nSPS) is 22.6. The minimum Gasteiger partial charge on any atom is -0.378 e. The minimum absolute atomic E-state index is 0.130. The fourth-order valence-electron chi connectivity index (χ4n) is 2.52.